The zero-order valence-corrected chi connectivity index (χ0v) is 23.0. The van der Waals surface area contributed by atoms with Crippen molar-refractivity contribution >= 4 is 23.9 Å². The van der Waals surface area contributed by atoms with Gasteiger partial charge in [-0.05, 0) is 33.3 Å². The van der Waals surface area contributed by atoms with E-state index in [2.05, 4.69) is 35.8 Å². The predicted molar refractivity (Wildman–Crippen MR) is 145 cm³/mol. The van der Waals surface area contributed by atoms with Crippen molar-refractivity contribution in [3.63, 3.8) is 0 Å². The highest BCUT2D eigenvalue weighted by molar-refractivity contribution is 6.00. The lowest BCUT2D eigenvalue weighted by atomic mass is 10.2. The molecule has 0 radical (unpaired) electrons. The van der Waals surface area contributed by atoms with Gasteiger partial charge in [0.1, 0.15) is 19.3 Å². The quantitative estimate of drug-likeness (QED) is 0.144. The van der Waals surface area contributed by atoms with Gasteiger partial charge in [0.2, 0.25) is 0 Å². The maximum Gasteiger partial charge on any atom is 0.340 e. The fraction of sp³-hybridized carbons (Fsp3) is 0.357. The van der Waals surface area contributed by atoms with Crippen molar-refractivity contribution in [3.8, 4) is 0 Å². The Morgan fingerprint density at radius 3 is 1.38 bits per heavy atom. The van der Waals surface area contributed by atoms with Crippen molar-refractivity contribution in [2.75, 3.05) is 26.4 Å². The molecule has 0 aliphatic carbocycles. The van der Waals surface area contributed by atoms with Gasteiger partial charge in [0.05, 0.1) is 19.8 Å². The minimum atomic E-state index is -0.954. The third-order valence-corrected chi connectivity index (χ3v) is 3.54. The first-order chi connectivity index (χ1) is 18.1. The molecular formula is C28H40O11. The standard InChI is InChI=1S/C11H12O2.C8H10O3.C6H10O3.C3H8O3/c1-9(2)11(12)13-8-10-6-4-3-5-7-10;1-5(2)7(9)11-8(10)6(3)4;1-5(2)6(8)9-4-3-7;4-1-3(6)2-5/h3-7H,1,8H2,2H3;1,3H2,2,4H3;7H,1,3-4H2,2H3;3-6H,1-2H2. The van der Waals surface area contributed by atoms with Crippen LogP contribution in [0.4, 0.5) is 0 Å². The summed E-state index contributed by atoms with van der Waals surface area (Å²) < 4.78 is 13.7. The first-order valence-electron chi connectivity index (χ1n) is 11.4. The molecule has 1 aromatic rings. The van der Waals surface area contributed by atoms with Gasteiger partial charge in [-0.15, -0.1) is 0 Å². The lowest BCUT2D eigenvalue weighted by Crippen LogP contribution is -2.15. The van der Waals surface area contributed by atoms with Crippen LogP contribution < -0.4 is 0 Å². The van der Waals surface area contributed by atoms with Crippen LogP contribution in [0.2, 0.25) is 0 Å². The molecule has 0 aromatic heterocycles. The van der Waals surface area contributed by atoms with Gasteiger partial charge < -0.3 is 34.6 Å². The molecule has 218 valence electrons. The van der Waals surface area contributed by atoms with E-state index >= 15 is 0 Å². The predicted octanol–water partition coefficient (Wildman–Crippen LogP) is 1.94. The molecule has 0 heterocycles. The van der Waals surface area contributed by atoms with Gasteiger partial charge in [-0.3, -0.25) is 0 Å². The van der Waals surface area contributed by atoms with Crippen molar-refractivity contribution in [3.05, 3.63) is 84.5 Å². The average Bonchev–Trinajstić information content (AvgIpc) is 2.91. The van der Waals surface area contributed by atoms with Crippen LogP contribution in [0.1, 0.15) is 33.3 Å². The van der Waals surface area contributed by atoms with Gasteiger partial charge in [0, 0.05) is 22.3 Å². The Bertz CT molecular complexity index is 922. The van der Waals surface area contributed by atoms with Crippen LogP contribution in [0.15, 0.2) is 78.9 Å². The normalized spacial score (nSPS) is 9.05. The van der Waals surface area contributed by atoms with Crippen LogP contribution in [-0.4, -0.2) is 76.8 Å². The molecule has 0 atom stereocenters. The van der Waals surface area contributed by atoms with Gasteiger partial charge >= 0.3 is 23.9 Å². The molecule has 11 heteroatoms. The molecule has 0 amide bonds. The van der Waals surface area contributed by atoms with Gasteiger partial charge in [0.25, 0.3) is 0 Å². The van der Waals surface area contributed by atoms with Gasteiger partial charge in [-0.25, -0.2) is 19.2 Å². The summed E-state index contributed by atoms with van der Waals surface area (Å²) in [5.41, 5.74) is 2.15. The lowest BCUT2D eigenvalue weighted by molar-refractivity contribution is -0.154. The lowest BCUT2D eigenvalue weighted by Gasteiger charge is -2.03. The van der Waals surface area contributed by atoms with Crippen molar-refractivity contribution in [1.29, 1.82) is 0 Å². The van der Waals surface area contributed by atoms with E-state index in [1.54, 1.807) is 13.8 Å². The van der Waals surface area contributed by atoms with E-state index in [0.29, 0.717) is 17.8 Å². The molecule has 1 aromatic carbocycles. The Balaban J connectivity index is -0.000000459. The van der Waals surface area contributed by atoms with Gasteiger partial charge in [-0.2, -0.15) is 0 Å². The molecule has 0 fully saturated rings. The van der Waals surface area contributed by atoms with Crippen LogP contribution in [0.25, 0.3) is 0 Å². The molecule has 0 spiro atoms. The van der Waals surface area contributed by atoms with E-state index in [4.69, 9.17) is 25.2 Å². The largest absolute Gasteiger partial charge is 0.460 e. The van der Waals surface area contributed by atoms with E-state index in [-0.39, 0.29) is 43.5 Å². The number of hydrogen-bond donors (Lipinski definition) is 4. The summed E-state index contributed by atoms with van der Waals surface area (Å²) in [5, 5.41) is 32.2. The maximum atomic E-state index is 11.0. The summed E-state index contributed by atoms with van der Waals surface area (Å²) in [5.74, 6) is -2.22. The molecule has 0 saturated carbocycles. The third kappa shape index (κ3) is 25.5. The smallest absolute Gasteiger partial charge is 0.340 e. The Morgan fingerprint density at radius 1 is 0.692 bits per heavy atom. The molecular weight excluding hydrogens is 512 g/mol. The Hall–Kier alpha value is -3.90. The zero-order valence-electron chi connectivity index (χ0n) is 23.0. The minimum absolute atomic E-state index is 0.0473. The monoisotopic (exact) mass is 552 g/mol. The van der Waals surface area contributed by atoms with Crippen molar-refractivity contribution in [1.82, 2.24) is 0 Å². The number of benzene rings is 1. The second-order valence-electron chi connectivity index (χ2n) is 7.74. The Kier molecular flexibility index (Phi) is 24.8. The number of carbonyl (C=O) groups is 4. The van der Waals surface area contributed by atoms with E-state index in [1.807, 2.05) is 30.3 Å². The average molecular weight is 553 g/mol. The van der Waals surface area contributed by atoms with Crippen LogP contribution in [0, 0.1) is 0 Å². The topological polar surface area (TPSA) is 177 Å². The van der Waals surface area contributed by atoms with Crippen LogP contribution in [-0.2, 0) is 40.0 Å². The van der Waals surface area contributed by atoms with E-state index in [0.717, 1.165) is 5.56 Å². The summed E-state index contributed by atoms with van der Waals surface area (Å²) in [6.45, 7) is 19.1. The van der Waals surface area contributed by atoms with Crippen molar-refractivity contribution in [2.45, 2.75) is 40.4 Å². The van der Waals surface area contributed by atoms with Crippen LogP contribution in [0.3, 0.4) is 0 Å². The molecule has 4 N–H and O–H groups in total. The second-order valence-corrected chi connectivity index (χ2v) is 7.74. The number of aliphatic hydroxyl groups excluding tert-OH is 4. The number of carbonyl (C=O) groups excluding carboxylic acids is 4. The van der Waals surface area contributed by atoms with E-state index < -0.39 is 24.0 Å². The number of hydrogen-bond acceptors (Lipinski definition) is 11. The fourth-order valence-corrected chi connectivity index (χ4v) is 1.42. The maximum absolute atomic E-state index is 11.0. The molecule has 0 unspecified atom stereocenters. The SMILES string of the molecule is C=C(C)C(=O)OC(=O)C(=C)C.C=C(C)C(=O)OCCO.C=C(C)C(=O)OCc1ccccc1.OCC(O)CO. The number of aliphatic hydroxyl groups is 4. The fourth-order valence-electron chi connectivity index (χ4n) is 1.42. The minimum Gasteiger partial charge on any atom is -0.460 e. The van der Waals surface area contributed by atoms with E-state index in [9.17, 15) is 19.2 Å². The summed E-state index contributed by atoms with van der Waals surface area (Å²) in [4.78, 5) is 42.8. The zero-order chi connectivity index (χ0) is 31.0. The third-order valence-electron chi connectivity index (χ3n) is 3.54. The molecule has 1 rings (SSSR count). The Morgan fingerprint density at radius 2 is 1.08 bits per heavy atom. The summed E-state index contributed by atoms with van der Waals surface area (Å²) in [6, 6.07) is 9.55. The highest BCUT2D eigenvalue weighted by Crippen LogP contribution is 2.02. The highest BCUT2D eigenvalue weighted by atomic mass is 16.6. The molecule has 0 saturated heterocycles. The van der Waals surface area contributed by atoms with Crippen molar-refractivity contribution in [2.24, 2.45) is 0 Å². The number of esters is 4. The highest BCUT2D eigenvalue weighted by Gasteiger charge is 2.10. The number of rotatable bonds is 10. The number of ether oxygens (including phenoxy) is 3. The van der Waals surface area contributed by atoms with Gasteiger partial charge in [0.15, 0.2) is 0 Å². The summed E-state index contributed by atoms with van der Waals surface area (Å²) in [6.07, 6.45) is -0.954. The van der Waals surface area contributed by atoms with E-state index in [1.165, 1.54) is 13.8 Å². The molecule has 0 aliphatic heterocycles. The van der Waals surface area contributed by atoms with Crippen LogP contribution >= 0.6 is 0 Å². The summed E-state index contributed by atoms with van der Waals surface area (Å²) >= 11 is 0. The van der Waals surface area contributed by atoms with Gasteiger partial charge in [-0.1, -0.05) is 56.6 Å². The molecule has 11 nitrogen and oxygen atoms in total. The molecule has 39 heavy (non-hydrogen) atoms. The molecule has 0 bridgehead atoms. The second kappa shape index (κ2) is 24.4. The first kappa shape index (κ1) is 39.6. The van der Waals surface area contributed by atoms with Crippen molar-refractivity contribution < 1.29 is 53.8 Å². The first-order valence-corrected chi connectivity index (χ1v) is 11.4. The molecule has 0 aliphatic rings. The summed E-state index contributed by atoms with van der Waals surface area (Å²) in [7, 11) is 0. The van der Waals surface area contributed by atoms with Crippen LogP contribution in [0.5, 0.6) is 0 Å². The Labute approximate surface area is 229 Å².